The van der Waals surface area contributed by atoms with Crippen LogP contribution >= 0.6 is 12.6 Å². The molecule has 2 atom stereocenters. The summed E-state index contributed by atoms with van der Waals surface area (Å²) in [6, 6.07) is 4.13. The van der Waals surface area contributed by atoms with E-state index in [9.17, 15) is 14.4 Å². The van der Waals surface area contributed by atoms with Crippen LogP contribution in [0.25, 0.3) is 0 Å². The molecule has 0 aliphatic heterocycles. The molecule has 184 valence electrons. The fourth-order valence-electron chi connectivity index (χ4n) is 3.54. The van der Waals surface area contributed by atoms with E-state index >= 15 is 0 Å². The number of nitrogens with one attached hydrogen (secondary N) is 2. The zero-order valence-electron chi connectivity index (χ0n) is 20.7. The summed E-state index contributed by atoms with van der Waals surface area (Å²) in [6.45, 7) is 11.9. The van der Waals surface area contributed by atoms with Gasteiger partial charge in [0.05, 0.1) is 0 Å². The molecule has 2 rings (SSSR count). The fourth-order valence-corrected chi connectivity index (χ4v) is 3.79. The van der Waals surface area contributed by atoms with Gasteiger partial charge in [0.15, 0.2) is 0 Å². The number of rotatable bonds is 10. The van der Waals surface area contributed by atoms with E-state index in [4.69, 9.17) is 4.74 Å². The number of alkyl carbamates (subject to hydrolysis) is 1. The predicted molar refractivity (Wildman–Crippen MR) is 133 cm³/mol. The SMILES string of the molecule is CCCCNC(=O)C(c1ccc(C)c(C)c1)N(C(=O)C(CS)NC(=O)OC(C)(C)C)C1CC1. The number of hydrogen-bond donors (Lipinski definition) is 3. The van der Waals surface area contributed by atoms with Gasteiger partial charge < -0.3 is 20.3 Å². The summed E-state index contributed by atoms with van der Waals surface area (Å²) in [4.78, 5) is 41.1. The molecule has 7 nitrogen and oxygen atoms in total. The maximum Gasteiger partial charge on any atom is 0.408 e. The second kappa shape index (κ2) is 11.8. The number of ether oxygens (including phenoxy) is 1. The molecule has 3 amide bonds. The highest BCUT2D eigenvalue weighted by molar-refractivity contribution is 7.80. The first-order valence-corrected chi connectivity index (χ1v) is 12.4. The summed E-state index contributed by atoms with van der Waals surface area (Å²) in [7, 11) is 0. The van der Waals surface area contributed by atoms with Gasteiger partial charge in [-0.1, -0.05) is 31.5 Å². The molecule has 1 aliphatic rings. The van der Waals surface area contributed by atoms with Crippen molar-refractivity contribution in [1.82, 2.24) is 15.5 Å². The van der Waals surface area contributed by atoms with E-state index in [1.165, 1.54) is 0 Å². The van der Waals surface area contributed by atoms with Gasteiger partial charge in [-0.3, -0.25) is 9.59 Å². The van der Waals surface area contributed by atoms with E-state index in [0.29, 0.717) is 6.54 Å². The highest BCUT2D eigenvalue weighted by Crippen LogP contribution is 2.36. The largest absolute Gasteiger partial charge is 0.444 e. The third-order valence-corrected chi connectivity index (χ3v) is 5.93. The second-order valence-corrected chi connectivity index (χ2v) is 10.1. The normalized spacial score (nSPS) is 15.4. The Morgan fingerprint density at radius 3 is 2.36 bits per heavy atom. The fraction of sp³-hybridized carbons (Fsp3) is 0.640. The molecule has 33 heavy (non-hydrogen) atoms. The Labute approximate surface area is 203 Å². The van der Waals surface area contributed by atoms with E-state index in [1.807, 2.05) is 32.0 Å². The summed E-state index contributed by atoms with van der Waals surface area (Å²) >= 11 is 4.31. The lowest BCUT2D eigenvalue weighted by molar-refractivity contribution is -0.142. The van der Waals surface area contributed by atoms with Crippen molar-refractivity contribution in [3.63, 3.8) is 0 Å². The first kappa shape index (κ1) is 27.0. The van der Waals surface area contributed by atoms with Gasteiger partial charge in [-0.25, -0.2) is 4.79 Å². The summed E-state index contributed by atoms with van der Waals surface area (Å²) in [5, 5.41) is 5.64. The highest BCUT2D eigenvalue weighted by atomic mass is 32.1. The molecule has 1 fully saturated rings. The first-order chi connectivity index (χ1) is 15.5. The van der Waals surface area contributed by atoms with Crippen LogP contribution in [0.2, 0.25) is 0 Å². The van der Waals surface area contributed by atoms with Gasteiger partial charge in [0.2, 0.25) is 11.8 Å². The molecular formula is C25H39N3O4S. The van der Waals surface area contributed by atoms with Crippen LogP contribution in [0.1, 0.15) is 76.1 Å². The number of carbonyl (C=O) groups is 3. The number of carbonyl (C=O) groups excluding carboxylic acids is 3. The number of benzene rings is 1. The summed E-state index contributed by atoms with van der Waals surface area (Å²) < 4.78 is 5.33. The maximum absolute atomic E-state index is 13.7. The Morgan fingerprint density at radius 2 is 1.85 bits per heavy atom. The lowest BCUT2D eigenvalue weighted by Gasteiger charge is -2.34. The van der Waals surface area contributed by atoms with Gasteiger partial charge in [-0.2, -0.15) is 12.6 Å². The molecule has 1 aliphatic carbocycles. The van der Waals surface area contributed by atoms with Gasteiger partial charge >= 0.3 is 6.09 Å². The van der Waals surface area contributed by atoms with Crippen molar-refractivity contribution in [3.8, 4) is 0 Å². The molecule has 0 aromatic heterocycles. The third kappa shape index (κ3) is 7.95. The van der Waals surface area contributed by atoms with Crippen molar-refractivity contribution in [2.45, 2.75) is 91.0 Å². The zero-order valence-corrected chi connectivity index (χ0v) is 21.6. The minimum absolute atomic E-state index is 0.0520. The van der Waals surface area contributed by atoms with Crippen molar-refractivity contribution in [1.29, 1.82) is 0 Å². The number of aryl methyl sites for hydroxylation is 2. The number of amides is 3. The quantitative estimate of drug-likeness (QED) is 0.350. The molecule has 1 aromatic rings. The number of hydrogen-bond acceptors (Lipinski definition) is 5. The van der Waals surface area contributed by atoms with Gasteiger partial charge in [-0.05, 0) is 70.6 Å². The van der Waals surface area contributed by atoms with Crippen LogP contribution in [-0.2, 0) is 14.3 Å². The third-order valence-electron chi connectivity index (χ3n) is 5.57. The number of thiol groups is 1. The van der Waals surface area contributed by atoms with Gasteiger partial charge in [0, 0.05) is 18.3 Å². The van der Waals surface area contributed by atoms with Crippen LogP contribution in [0.15, 0.2) is 18.2 Å². The van der Waals surface area contributed by atoms with E-state index in [0.717, 1.165) is 42.4 Å². The van der Waals surface area contributed by atoms with Crippen LogP contribution in [0.4, 0.5) is 4.79 Å². The molecule has 0 spiro atoms. The summed E-state index contributed by atoms with van der Waals surface area (Å²) in [6.07, 6.45) is 2.78. The smallest absolute Gasteiger partial charge is 0.408 e. The van der Waals surface area contributed by atoms with Gasteiger partial charge in [0.1, 0.15) is 17.7 Å². The number of nitrogens with zero attached hydrogens (tertiary/aromatic N) is 1. The van der Waals surface area contributed by atoms with Crippen molar-refractivity contribution in [2.75, 3.05) is 12.3 Å². The Hall–Kier alpha value is -2.22. The lowest BCUT2D eigenvalue weighted by atomic mass is 9.98. The van der Waals surface area contributed by atoms with Gasteiger partial charge in [0.25, 0.3) is 0 Å². The molecule has 0 radical (unpaired) electrons. The van der Waals surface area contributed by atoms with Crippen molar-refractivity contribution in [2.24, 2.45) is 0 Å². The summed E-state index contributed by atoms with van der Waals surface area (Å²) in [5.74, 6) is -0.437. The molecule has 1 saturated carbocycles. The lowest BCUT2D eigenvalue weighted by Crippen LogP contribution is -2.54. The van der Waals surface area contributed by atoms with Crippen LogP contribution in [0.5, 0.6) is 0 Å². The van der Waals surface area contributed by atoms with Crippen molar-refractivity contribution in [3.05, 3.63) is 34.9 Å². The molecule has 0 heterocycles. The Bertz CT molecular complexity index is 849. The first-order valence-electron chi connectivity index (χ1n) is 11.8. The van der Waals surface area contributed by atoms with Crippen LogP contribution in [0, 0.1) is 13.8 Å². The molecule has 0 saturated heterocycles. The predicted octanol–water partition coefficient (Wildman–Crippen LogP) is 4.07. The van der Waals surface area contributed by atoms with Crippen LogP contribution in [-0.4, -0.2) is 52.8 Å². The Kier molecular flexibility index (Phi) is 9.64. The molecular weight excluding hydrogens is 438 g/mol. The topological polar surface area (TPSA) is 87.7 Å². The van der Waals surface area contributed by atoms with Crippen molar-refractivity contribution >= 4 is 30.5 Å². The molecule has 2 N–H and O–H groups in total. The highest BCUT2D eigenvalue weighted by Gasteiger charge is 2.43. The summed E-state index contributed by atoms with van der Waals surface area (Å²) in [5.41, 5.74) is 2.25. The Morgan fingerprint density at radius 1 is 1.18 bits per heavy atom. The van der Waals surface area contributed by atoms with E-state index in [-0.39, 0.29) is 23.6 Å². The molecule has 2 unspecified atom stereocenters. The minimum atomic E-state index is -0.902. The monoisotopic (exact) mass is 477 g/mol. The van der Waals surface area contributed by atoms with Crippen molar-refractivity contribution < 1.29 is 19.1 Å². The average Bonchev–Trinajstić information content (AvgIpc) is 3.55. The van der Waals surface area contributed by atoms with E-state index in [1.54, 1.807) is 25.7 Å². The van der Waals surface area contributed by atoms with Crippen LogP contribution in [0.3, 0.4) is 0 Å². The molecule has 8 heteroatoms. The maximum atomic E-state index is 13.7. The number of unbranched alkanes of at least 4 members (excludes halogenated alkanes) is 1. The standard InChI is InChI=1S/C25H39N3O4S/c1-7-8-13-26-22(29)21(18-10-9-16(2)17(3)14-18)28(19-11-12-19)23(30)20(15-33)27-24(31)32-25(4,5)6/h9-10,14,19-21,33H,7-8,11-13,15H2,1-6H3,(H,26,29)(H,27,31). The second-order valence-electron chi connectivity index (χ2n) is 9.75. The minimum Gasteiger partial charge on any atom is -0.444 e. The Balaban J connectivity index is 2.37. The van der Waals surface area contributed by atoms with Gasteiger partial charge in [-0.15, -0.1) is 0 Å². The van der Waals surface area contributed by atoms with E-state index < -0.39 is 23.8 Å². The van der Waals surface area contributed by atoms with Crippen LogP contribution < -0.4 is 10.6 Å². The average molecular weight is 478 g/mol. The molecule has 1 aromatic carbocycles. The zero-order chi connectivity index (χ0) is 24.8. The van der Waals surface area contributed by atoms with E-state index in [2.05, 4.69) is 30.2 Å². The molecule has 0 bridgehead atoms.